The molecule has 19 heavy (non-hydrogen) atoms. The average Bonchev–Trinajstić information content (AvgIpc) is 2.82. The number of sulfonamides is 1. The van der Waals surface area contributed by atoms with Crippen LogP contribution in [0.4, 0.5) is 5.13 Å². The van der Waals surface area contributed by atoms with Crippen LogP contribution in [0.15, 0.2) is 4.90 Å². The zero-order valence-corrected chi connectivity index (χ0v) is 12.3. The van der Waals surface area contributed by atoms with Gasteiger partial charge in [0.15, 0.2) is 5.13 Å². The molecule has 0 atom stereocenters. The van der Waals surface area contributed by atoms with Gasteiger partial charge in [-0.2, -0.15) is 5.10 Å². The predicted octanol–water partition coefficient (Wildman–Crippen LogP) is 1.08. The van der Waals surface area contributed by atoms with Crippen molar-refractivity contribution in [1.29, 1.82) is 0 Å². The van der Waals surface area contributed by atoms with E-state index >= 15 is 0 Å². The summed E-state index contributed by atoms with van der Waals surface area (Å²) in [5.41, 5.74) is 1.26. The van der Waals surface area contributed by atoms with Crippen molar-refractivity contribution in [1.82, 2.24) is 15.2 Å². The minimum absolute atomic E-state index is 0.0273. The predicted molar refractivity (Wildman–Crippen MR) is 71.6 cm³/mol. The third-order valence-electron chi connectivity index (χ3n) is 2.63. The van der Waals surface area contributed by atoms with E-state index in [1.54, 1.807) is 6.92 Å². The fraction of sp³-hybridized carbons (Fsp3) is 0.400. The summed E-state index contributed by atoms with van der Waals surface area (Å²) in [6.45, 7) is 4.81. The molecular weight excluding hydrogens is 288 g/mol. The highest BCUT2D eigenvalue weighted by Gasteiger charge is 2.25. The molecule has 0 bridgehead atoms. The van der Waals surface area contributed by atoms with E-state index in [1.165, 1.54) is 11.3 Å². The molecule has 2 aromatic rings. The molecule has 0 radical (unpaired) electrons. The van der Waals surface area contributed by atoms with Crippen LogP contribution in [0.25, 0.3) is 0 Å². The first-order valence-corrected chi connectivity index (χ1v) is 7.76. The van der Waals surface area contributed by atoms with Crippen molar-refractivity contribution in [3.8, 4) is 0 Å². The number of aryl methyl sites for hydroxylation is 3. The molecule has 0 saturated heterocycles. The van der Waals surface area contributed by atoms with Crippen molar-refractivity contribution >= 4 is 26.5 Å². The number of nitrogens with one attached hydrogen (secondary N) is 2. The molecule has 2 heterocycles. The van der Waals surface area contributed by atoms with Crippen LogP contribution < -0.4 is 4.72 Å². The number of hydrogen-bond acceptors (Lipinski definition) is 6. The van der Waals surface area contributed by atoms with Crippen LogP contribution in [0.5, 0.6) is 0 Å². The van der Waals surface area contributed by atoms with Crippen LogP contribution in [0.3, 0.4) is 0 Å². The lowest BCUT2D eigenvalue weighted by atomic mass is 10.4. The summed E-state index contributed by atoms with van der Waals surface area (Å²) in [6, 6.07) is 0. The van der Waals surface area contributed by atoms with E-state index in [-0.39, 0.29) is 10.6 Å². The molecule has 0 fully saturated rings. The van der Waals surface area contributed by atoms with Gasteiger partial charge < -0.3 is 5.11 Å². The van der Waals surface area contributed by atoms with Crippen LogP contribution >= 0.6 is 11.3 Å². The van der Waals surface area contributed by atoms with Gasteiger partial charge in [0.1, 0.15) is 10.6 Å². The first kappa shape index (κ1) is 14.0. The smallest absolute Gasteiger partial charge is 0.267 e. The van der Waals surface area contributed by atoms with E-state index in [0.717, 1.165) is 10.6 Å². The summed E-state index contributed by atoms with van der Waals surface area (Å²) in [5, 5.41) is 15.7. The van der Waals surface area contributed by atoms with Crippen LogP contribution in [-0.4, -0.2) is 28.7 Å². The molecule has 0 amide bonds. The molecular formula is C10H14N4O3S2. The van der Waals surface area contributed by atoms with Crippen LogP contribution in [0.1, 0.15) is 22.0 Å². The van der Waals surface area contributed by atoms with Gasteiger partial charge in [0, 0.05) is 4.88 Å². The molecule has 0 spiro atoms. The lowest BCUT2D eigenvalue weighted by Crippen LogP contribution is -2.15. The maximum atomic E-state index is 12.3. The third kappa shape index (κ3) is 2.62. The molecule has 0 aliphatic carbocycles. The summed E-state index contributed by atoms with van der Waals surface area (Å²) in [5.74, 6) is 0. The zero-order valence-electron chi connectivity index (χ0n) is 10.7. The second-order valence-corrected chi connectivity index (χ2v) is 6.87. The molecule has 0 aliphatic rings. The number of thiazole rings is 1. The topological polar surface area (TPSA) is 108 Å². The van der Waals surface area contributed by atoms with Gasteiger partial charge in [-0.1, -0.05) is 0 Å². The molecule has 104 valence electrons. The number of aromatic nitrogens is 3. The summed E-state index contributed by atoms with van der Waals surface area (Å²) >= 11 is 1.26. The number of hydrogen-bond donors (Lipinski definition) is 3. The van der Waals surface area contributed by atoms with Crippen LogP contribution in [0, 0.1) is 20.8 Å². The summed E-state index contributed by atoms with van der Waals surface area (Å²) < 4.78 is 26.9. The Morgan fingerprint density at radius 3 is 2.58 bits per heavy atom. The Kier molecular flexibility index (Phi) is 3.61. The van der Waals surface area contributed by atoms with Crippen molar-refractivity contribution in [2.24, 2.45) is 0 Å². The van der Waals surface area contributed by atoms with Gasteiger partial charge in [0.2, 0.25) is 0 Å². The van der Waals surface area contributed by atoms with Crippen molar-refractivity contribution in [3.63, 3.8) is 0 Å². The van der Waals surface area contributed by atoms with Gasteiger partial charge in [-0.3, -0.25) is 9.82 Å². The largest absolute Gasteiger partial charge is 0.390 e. The summed E-state index contributed by atoms with van der Waals surface area (Å²) in [4.78, 5) is 5.05. The van der Waals surface area contributed by atoms with Crippen molar-refractivity contribution in [2.75, 3.05) is 4.72 Å². The van der Waals surface area contributed by atoms with Crippen LogP contribution in [0.2, 0.25) is 0 Å². The highest BCUT2D eigenvalue weighted by atomic mass is 32.2. The second-order valence-electron chi connectivity index (χ2n) is 4.05. The van der Waals surface area contributed by atoms with E-state index in [0.29, 0.717) is 10.8 Å². The highest BCUT2D eigenvalue weighted by Crippen LogP contribution is 2.26. The first-order valence-electron chi connectivity index (χ1n) is 5.46. The normalized spacial score (nSPS) is 11.8. The van der Waals surface area contributed by atoms with Gasteiger partial charge in [-0.05, 0) is 20.8 Å². The Bertz CT molecular complexity index is 683. The number of aliphatic hydroxyl groups is 1. The number of H-pyrrole nitrogens is 1. The van der Waals surface area contributed by atoms with Gasteiger partial charge in [0.25, 0.3) is 10.0 Å². The van der Waals surface area contributed by atoms with E-state index in [2.05, 4.69) is 19.9 Å². The van der Waals surface area contributed by atoms with Gasteiger partial charge in [0.05, 0.1) is 18.0 Å². The Hall–Kier alpha value is -1.45. The van der Waals surface area contributed by atoms with Gasteiger partial charge in [-0.15, -0.1) is 11.3 Å². The van der Waals surface area contributed by atoms with Crippen molar-refractivity contribution in [2.45, 2.75) is 32.3 Å². The number of nitrogens with zero attached hydrogens (tertiary/aromatic N) is 2. The number of anilines is 1. The molecule has 0 unspecified atom stereocenters. The molecule has 9 heteroatoms. The summed E-state index contributed by atoms with van der Waals surface area (Å²) in [7, 11) is -3.80. The van der Waals surface area contributed by atoms with E-state index in [1.807, 2.05) is 13.8 Å². The molecule has 7 nitrogen and oxygen atoms in total. The molecule has 0 saturated carbocycles. The van der Waals surface area contributed by atoms with Crippen molar-refractivity contribution < 1.29 is 13.5 Å². The molecule has 2 aromatic heterocycles. The minimum atomic E-state index is -3.80. The van der Waals surface area contributed by atoms with Gasteiger partial charge in [-0.25, -0.2) is 13.4 Å². The average molecular weight is 302 g/mol. The Morgan fingerprint density at radius 1 is 1.37 bits per heavy atom. The van der Waals surface area contributed by atoms with Crippen LogP contribution in [-0.2, 0) is 16.6 Å². The minimum Gasteiger partial charge on any atom is -0.390 e. The molecule has 0 aliphatic heterocycles. The number of rotatable bonds is 4. The maximum Gasteiger partial charge on any atom is 0.267 e. The fourth-order valence-electron chi connectivity index (χ4n) is 1.62. The Morgan fingerprint density at radius 2 is 2.05 bits per heavy atom. The first-order chi connectivity index (χ1) is 8.85. The van der Waals surface area contributed by atoms with E-state index in [4.69, 9.17) is 5.11 Å². The second kappa shape index (κ2) is 4.91. The van der Waals surface area contributed by atoms with E-state index < -0.39 is 16.6 Å². The fourth-order valence-corrected chi connectivity index (χ4v) is 4.02. The Labute approximate surface area is 114 Å². The third-order valence-corrected chi connectivity index (χ3v) is 5.29. The molecule has 0 aromatic carbocycles. The quantitative estimate of drug-likeness (QED) is 0.783. The molecule has 2 rings (SSSR count). The Balaban J connectivity index is 2.40. The SMILES string of the molecule is Cc1nc(NS(=O)(=O)c2c(CO)n[nH]c2C)sc1C. The zero-order chi connectivity index (χ0) is 14.2. The number of aromatic amines is 1. The van der Waals surface area contributed by atoms with Crippen molar-refractivity contribution in [3.05, 3.63) is 22.0 Å². The summed E-state index contributed by atoms with van der Waals surface area (Å²) in [6.07, 6.45) is 0. The lowest BCUT2D eigenvalue weighted by molar-refractivity contribution is 0.273. The van der Waals surface area contributed by atoms with Gasteiger partial charge >= 0.3 is 0 Å². The highest BCUT2D eigenvalue weighted by molar-refractivity contribution is 7.93. The maximum absolute atomic E-state index is 12.3. The standard InChI is InChI=1S/C10H14N4O3S2/c1-5-7(3)18-10(11-5)14-19(16,17)9-6(2)12-13-8(9)4-15/h15H,4H2,1-3H3,(H,11,14)(H,12,13). The molecule has 3 N–H and O–H groups in total. The lowest BCUT2D eigenvalue weighted by Gasteiger charge is -2.05. The number of aliphatic hydroxyl groups excluding tert-OH is 1. The van der Waals surface area contributed by atoms with E-state index in [9.17, 15) is 8.42 Å². The monoisotopic (exact) mass is 302 g/mol.